The molecule has 5 nitrogen and oxygen atoms in total. The van der Waals surface area contributed by atoms with Crippen molar-refractivity contribution in [3.05, 3.63) is 70.3 Å². The Balaban J connectivity index is 1.83. The van der Waals surface area contributed by atoms with Gasteiger partial charge in [0.05, 0.1) is 6.10 Å². The number of hydrogen-bond acceptors (Lipinski definition) is 6. The first-order chi connectivity index (χ1) is 17.2. The monoisotopic (exact) mass is 512 g/mol. The Morgan fingerprint density at radius 1 is 0.944 bits per heavy atom. The Morgan fingerprint density at radius 2 is 1.58 bits per heavy atom. The topological polar surface area (TPSA) is 61.8 Å². The molecule has 0 saturated carbocycles. The molecule has 0 spiro atoms. The lowest BCUT2D eigenvalue weighted by Crippen LogP contribution is -2.52. The molecule has 1 aliphatic heterocycles. The van der Waals surface area contributed by atoms with Crippen LogP contribution in [-0.4, -0.2) is 35.8 Å². The molecular formula is C30H40O5S. The average Bonchev–Trinajstić information content (AvgIpc) is 2.84. The van der Waals surface area contributed by atoms with Crippen LogP contribution >= 0.6 is 11.8 Å². The van der Waals surface area contributed by atoms with Crippen LogP contribution in [0.3, 0.4) is 0 Å². The normalized spacial score (nSPS) is 23.8. The number of thioether (sulfide) groups is 1. The zero-order valence-electron chi connectivity index (χ0n) is 22.4. The molecular weight excluding hydrogens is 472 g/mol. The van der Waals surface area contributed by atoms with E-state index in [1.165, 1.54) is 67.1 Å². The van der Waals surface area contributed by atoms with Gasteiger partial charge in [-0.2, -0.15) is 0 Å². The second-order valence-corrected chi connectivity index (χ2v) is 10.7. The van der Waals surface area contributed by atoms with E-state index in [2.05, 4.69) is 56.3 Å². The molecule has 0 bridgehead atoms. The first-order valence-corrected chi connectivity index (χ1v) is 14.2. The van der Waals surface area contributed by atoms with Gasteiger partial charge in [0.15, 0.2) is 6.10 Å². The van der Waals surface area contributed by atoms with Gasteiger partial charge in [0.1, 0.15) is 11.5 Å². The first kappa shape index (κ1) is 28.3. The molecule has 2 aromatic rings. The molecule has 1 fully saturated rings. The van der Waals surface area contributed by atoms with Gasteiger partial charge in [-0.1, -0.05) is 69.2 Å². The van der Waals surface area contributed by atoms with Gasteiger partial charge >= 0.3 is 11.9 Å². The van der Waals surface area contributed by atoms with Crippen LogP contribution in [0.5, 0.6) is 0 Å². The Kier molecular flexibility index (Phi) is 10.4. The lowest BCUT2D eigenvalue weighted by molar-refractivity contribution is -0.208. The Hall–Kier alpha value is -2.31. The number of hydrogen-bond donors (Lipinski definition) is 0. The van der Waals surface area contributed by atoms with Crippen LogP contribution in [0.25, 0.3) is 0 Å². The van der Waals surface area contributed by atoms with Crippen LogP contribution in [0.2, 0.25) is 0 Å². The molecule has 6 heteroatoms. The zero-order chi connectivity index (χ0) is 26.2. The molecule has 1 saturated heterocycles. The fraction of sp³-hybridized carbons (Fsp3) is 0.533. The lowest BCUT2D eigenvalue weighted by Gasteiger charge is -2.44. The molecule has 36 heavy (non-hydrogen) atoms. The highest BCUT2D eigenvalue weighted by atomic mass is 32.2. The van der Waals surface area contributed by atoms with Gasteiger partial charge in [-0.25, -0.2) is 0 Å². The summed E-state index contributed by atoms with van der Waals surface area (Å²) < 4.78 is 17.7. The Morgan fingerprint density at radius 3 is 2.19 bits per heavy atom. The molecule has 1 heterocycles. The van der Waals surface area contributed by atoms with Crippen LogP contribution < -0.4 is 0 Å². The largest absolute Gasteiger partial charge is 0.458 e. The number of carbonyl (C=O) groups is 2. The molecule has 0 aromatic heterocycles. The molecule has 2 aromatic carbocycles. The minimum absolute atomic E-state index is 0.195. The second-order valence-electron chi connectivity index (χ2n) is 9.80. The van der Waals surface area contributed by atoms with E-state index in [1.54, 1.807) is 0 Å². The van der Waals surface area contributed by atoms with Crippen LogP contribution in [0.15, 0.2) is 42.5 Å². The van der Waals surface area contributed by atoms with Crippen molar-refractivity contribution >= 4 is 23.7 Å². The van der Waals surface area contributed by atoms with Gasteiger partial charge in [0, 0.05) is 19.8 Å². The summed E-state index contributed by atoms with van der Waals surface area (Å²) in [5.41, 5.74) is 5.74. The number of ether oxygens (including phenoxy) is 3. The van der Waals surface area contributed by atoms with Crippen molar-refractivity contribution in [2.75, 3.05) is 6.26 Å². The minimum Gasteiger partial charge on any atom is -0.458 e. The number of carbonyl (C=O) groups excluding carboxylic acids is 2. The van der Waals surface area contributed by atoms with Crippen LogP contribution in [0, 0.1) is 12.8 Å². The van der Waals surface area contributed by atoms with Crippen LogP contribution in [0.4, 0.5) is 0 Å². The smallest absolute Gasteiger partial charge is 0.303 e. The quantitative estimate of drug-likeness (QED) is 0.265. The fourth-order valence-electron chi connectivity index (χ4n) is 4.91. The molecule has 196 valence electrons. The summed E-state index contributed by atoms with van der Waals surface area (Å²) in [7, 11) is 0. The number of esters is 2. The van der Waals surface area contributed by atoms with Gasteiger partial charge in [-0.05, 0) is 60.3 Å². The van der Waals surface area contributed by atoms with E-state index in [0.717, 1.165) is 18.4 Å². The number of unbranched alkanes of at least 4 members (excludes halogenated alkanes) is 2. The standard InChI is InChI=1S/C30H40O5S/c1-7-8-9-10-23-12-14-24(15-13-23)17-26-18-25(16-11-19(26)2)27-20(3)28(33-21(4)31)29(34-22(5)32)30(35-27)36-6/h11-16,18,20,27-30H,7-10,17H2,1-6H3/t20-,27+,28+,29-,30+/m0/s1. The molecule has 0 N–H and O–H groups in total. The van der Waals surface area contributed by atoms with Gasteiger partial charge in [0.2, 0.25) is 0 Å². The van der Waals surface area contributed by atoms with Gasteiger partial charge in [-0.15, -0.1) is 11.8 Å². The Bertz CT molecular complexity index is 1020. The summed E-state index contributed by atoms with van der Waals surface area (Å²) in [4.78, 5) is 23.7. The molecule has 1 aliphatic rings. The van der Waals surface area contributed by atoms with Gasteiger partial charge in [-0.3, -0.25) is 9.59 Å². The summed E-state index contributed by atoms with van der Waals surface area (Å²) in [5, 5.41) is 0. The number of aryl methyl sites for hydroxylation is 2. The SMILES string of the molecule is CCCCCc1ccc(Cc2cc([C@@H]3O[C@H](SC)[C@@H](OC(C)=O)[C@H](OC(C)=O)[C@H]3C)ccc2C)cc1. The number of rotatable bonds is 10. The van der Waals surface area contributed by atoms with Crippen molar-refractivity contribution in [2.45, 2.75) is 90.5 Å². The van der Waals surface area contributed by atoms with Crippen molar-refractivity contribution < 1.29 is 23.8 Å². The summed E-state index contributed by atoms with van der Waals surface area (Å²) >= 11 is 1.45. The molecule has 0 aliphatic carbocycles. The zero-order valence-corrected chi connectivity index (χ0v) is 23.2. The number of benzene rings is 2. The second kappa shape index (κ2) is 13.3. The van der Waals surface area contributed by atoms with Crippen molar-refractivity contribution in [3.63, 3.8) is 0 Å². The Labute approximate surface area is 220 Å². The van der Waals surface area contributed by atoms with Crippen LogP contribution in [-0.2, 0) is 36.6 Å². The molecule has 3 rings (SSSR count). The van der Waals surface area contributed by atoms with Gasteiger partial charge < -0.3 is 14.2 Å². The van der Waals surface area contributed by atoms with E-state index in [4.69, 9.17) is 14.2 Å². The van der Waals surface area contributed by atoms with Crippen molar-refractivity contribution in [1.82, 2.24) is 0 Å². The van der Waals surface area contributed by atoms with E-state index < -0.39 is 29.6 Å². The molecule has 0 radical (unpaired) electrons. The van der Waals surface area contributed by atoms with Crippen molar-refractivity contribution in [2.24, 2.45) is 5.92 Å². The lowest BCUT2D eigenvalue weighted by atomic mass is 9.85. The molecule has 0 unspecified atom stereocenters. The van der Waals surface area contributed by atoms with E-state index in [0.29, 0.717) is 0 Å². The highest BCUT2D eigenvalue weighted by Gasteiger charge is 2.48. The van der Waals surface area contributed by atoms with Crippen LogP contribution in [0.1, 0.15) is 80.9 Å². The fourth-order valence-corrected chi connectivity index (χ4v) is 5.62. The third-order valence-corrected chi connectivity index (χ3v) is 7.74. The maximum Gasteiger partial charge on any atom is 0.303 e. The third-order valence-electron chi connectivity index (χ3n) is 6.89. The average molecular weight is 513 g/mol. The summed E-state index contributed by atoms with van der Waals surface area (Å²) in [6.07, 6.45) is 6.08. The predicted molar refractivity (Wildman–Crippen MR) is 145 cm³/mol. The van der Waals surface area contributed by atoms with Crippen molar-refractivity contribution in [1.29, 1.82) is 0 Å². The third kappa shape index (κ3) is 7.36. The maximum absolute atomic E-state index is 11.9. The molecule has 5 atom stereocenters. The van der Waals surface area contributed by atoms with E-state index in [-0.39, 0.29) is 12.0 Å². The van der Waals surface area contributed by atoms with Gasteiger partial charge in [0.25, 0.3) is 0 Å². The first-order valence-electron chi connectivity index (χ1n) is 12.9. The summed E-state index contributed by atoms with van der Waals surface area (Å²) in [6.45, 7) is 9.10. The van der Waals surface area contributed by atoms with E-state index in [1.807, 2.05) is 13.2 Å². The summed E-state index contributed by atoms with van der Waals surface area (Å²) in [5.74, 6) is -1.01. The van der Waals surface area contributed by atoms with E-state index >= 15 is 0 Å². The summed E-state index contributed by atoms with van der Waals surface area (Å²) in [6, 6.07) is 15.4. The highest BCUT2D eigenvalue weighted by molar-refractivity contribution is 7.99. The van der Waals surface area contributed by atoms with Crippen molar-refractivity contribution in [3.8, 4) is 0 Å². The minimum atomic E-state index is -0.659. The predicted octanol–water partition coefficient (Wildman–Crippen LogP) is 6.58. The maximum atomic E-state index is 11.9. The highest BCUT2D eigenvalue weighted by Crippen LogP contribution is 2.42. The van der Waals surface area contributed by atoms with E-state index in [9.17, 15) is 9.59 Å². The molecule has 0 amide bonds.